The van der Waals surface area contributed by atoms with Crippen molar-refractivity contribution in [1.29, 1.82) is 0 Å². The summed E-state index contributed by atoms with van der Waals surface area (Å²) < 4.78 is 1.42. The molecule has 158 valence electrons. The summed E-state index contributed by atoms with van der Waals surface area (Å²) in [6.45, 7) is 9.72. The highest BCUT2D eigenvalue weighted by atomic mass is 32.1. The van der Waals surface area contributed by atoms with Gasteiger partial charge < -0.3 is 5.32 Å². The molecule has 0 aliphatic rings. The lowest BCUT2D eigenvalue weighted by atomic mass is 10.0. The monoisotopic (exact) mass is 431 g/mol. The molecule has 0 aliphatic heterocycles. The minimum atomic E-state index is -0.699. The van der Waals surface area contributed by atoms with Crippen molar-refractivity contribution >= 4 is 33.1 Å². The van der Waals surface area contributed by atoms with E-state index >= 15 is 0 Å². The van der Waals surface area contributed by atoms with Gasteiger partial charge in [0.25, 0.3) is 5.56 Å². The molecule has 0 spiro atoms. The molecule has 2 aromatic carbocycles. The lowest BCUT2D eigenvalue weighted by Crippen LogP contribution is -2.32. The van der Waals surface area contributed by atoms with Gasteiger partial charge in [-0.05, 0) is 51.3 Å². The maximum absolute atomic E-state index is 13.4. The summed E-state index contributed by atoms with van der Waals surface area (Å²) in [6, 6.07) is 11.4. The molecule has 0 radical (unpaired) electrons. The SMILES string of the molecule is Cc1ccc(-c2csc3ncn(C(C)C(=O)Nc4c(C)cc(C)cc4C)c(=O)c23)cc1. The summed E-state index contributed by atoms with van der Waals surface area (Å²) in [5.41, 5.74) is 6.71. The average Bonchev–Trinajstić information content (AvgIpc) is 3.16. The van der Waals surface area contributed by atoms with E-state index in [1.54, 1.807) is 6.92 Å². The van der Waals surface area contributed by atoms with Crippen LogP contribution in [0.25, 0.3) is 21.3 Å². The normalized spacial score (nSPS) is 12.2. The molecule has 4 rings (SSSR count). The van der Waals surface area contributed by atoms with Crippen LogP contribution >= 0.6 is 11.3 Å². The Morgan fingerprint density at radius 2 is 1.68 bits per heavy atom. The van der Waals surface area contributed by atoms with Crippen LogP contribution in [0.2, 0.25) is 0 Å². The van der Waals surface area contributed by atoms with Gasteiger partial charge in [-0.2, -0.15) is 0 Å². The van der Waals surface area contributed by atoms with Crippen LogP contribution in [0.15, 0.2) is 52.9 Å². The topological polar surface area (TPSA) is 64.0 Å². The van der Waals surface area contributed by atoms with Crippen LogP contribution in [0.3, 0.4) is 0 Å². The molecule has 1 amide bonds. The molecule has 2 aromatic heterocycles. The lowest BCUT2D eigenvalue weighted by molar-refractivity contribution is -0.118. The number of hydrogen-bond acceptors (Lipinski definition) is 4. The van der Waals surface area contributed by atoms with Gasteiger partial charge in [-0.1, -0.05) is 47.5 Å². The summed E-state index contributed by atoms with van der Waals surface area (Å²) in [5.74, 6) is -0.245. The van der Waals surface area contributed by atoms with Crippen LogP contribution in [0.1, 0.15) is 35.2 Å². The fourth-order valence-electron chi connectivity index (χ4n) is 3.90. The van der Waals surface area contributed by atoms with E-state index in [1.165, 1.54) is 22.2 Å². The highest BCUT2D eigenvalue weighted by Crippen LogP contribution is 2.31. The highest BCUT2D eigenvalue weighted by molar-refractivity contribution is 7.17. The summed E-state index contributed by atoms with van der Waals surface area (Å²) in [4.78, 5) is 31.5. The lowest BCUT2D eigenvalue weighted by Gasteiger charge is -2.18. The van der Waals surface area contributed by atoms with Gasteiger partial charge in [-0.15, -0.1) is 11.3 Å². The summed E-state index contributed by atoms with van der Waals surface area (Å²) in [5, 5.41) is 5.51. The van der Waals surface area contributed by atoms with E-state index in [9.17, 15) is 9.59 Å². The number of carbonyl (C=O) groups is 1. The number of benzene rings is 2. The fourth-order valence-corrected chi connectivity index (χ4v) is 4.80. The summed E-state index contributed by atoms with van der Waals surface area (Å²) >= 11 is 1.44. The van der Waals surface area contributed by atoms with E-state index in [1.807, 2.05) is 69.5 Å². The van der Waals surface area contributed by atoms with E-state index in [0.29, 0.717) is 10.2 Å². The zero-order chi connectivity index (χ0) is 22.3. The Kier molecular flexibility index (Phi) is 5.50. The number of fused-ring (bicyclic) bond motifs is 1. The molecule has 0 saturated carbocycles. The molecule has 5 nitrogen and oxygen atoms in total. The highest BCUT2D eigenvalue weighted by Gasteiger charge is 2.21. The Labute approximate surface area is 185 Å². The maximum Gasteiger partial charge on any atom is 0.263 e. The van der Waals surface area contributed by atoms with Crippen molar-refractivity contribution in [2.45, 2.75) is 40.7 Å². The van der Waals surface area contributed by atoms with Crippen molar-refractivity contribution in [1.82, 2.24) is 9.55 Å². The van der Waals surface area contributed by atoms with E-state index in [-0.39, 0.29) is 11.5 Å². The van der Waals surface area contributed by atoms with Gasteiger partial charge in [0.15, 0.2) is 0 Å². The van der Waals surface area contributed by atoms with E-state index in [2.05, 4.69) is 10.3 Å². The van der Waals surface area contributed by atoms with E-state index in [4.69, 9.17) is 0 Å². The van der Waals surface area contributed by atoms with Gasteiger partial charge in [0.1, 0.15) is 10.9 Å². The summed E-state index contributed by atoms with van der Waals surface area (Å²) in [7, 11) is 0. The van der Waals surface area contributed by atoms with Gasteiger partial charge in [-0.3, -0.25) is 14.2 Å². The molecular formula is C25H25N3O2S. The first kappa shape index (κ1) is 21.0. The Bertz CT molecular complexity index is 1330. The second-order valence-corrected chi connectivity index (χ2v) is 8.95. The number of rotatable bonds is 4. The van der Waals surface area contributed by atoms with Crippen molar-refractivity contribution < 1.29 is 4.79 Å². The molecule has 1 unspecified atom stereocenters. The van der Waals surface area contributed by atoms with Crippen LogP contribution in [0.4, 0.5) is 5.69 Å². The minimum Gasteiger partial charge on any atom is -0.324 e. The van der Waals surface area contributed by atoms with Crippen molar-refractivity contribution in [2.24, 2.45) is 0 Å². The zero-order valence-electron chi connectivity index (χ0n) is 18.3. The van der Waals surface area contributed by atoms with Gasteiger partial charge in [-0.25, -0.2) is 4.98 Å². The molecule has 4 aromatic rings. The number of amides is 1. The van der Waals surface area contributed by atoms with Crippen LogP contribution < -0.4 is 10.9 Å². The van der Waals surface area contributed by atoms with Gasteiger partial charge in [0.2, 0.25) is 5.91 Å². The Morgan fingerprint density at radius 1 is 1.03 bits per heavy atom. The minimum absolute atomic E-state index is 0.207. The molecule has 2 heterocycles. The first-order valence-corrected chi connectivity index (χ1v) is 11.1. The Hall–Kier alpha value is -3.25. The second-order valence-electron chi connectivity index (χ2n) is 8.09. The molecular weight excluding hydrogens is 406 g/mol. The molecule has 0 aliphatic carbocycles. The Morgan fingerprint density at radius 3 is 2.32 bits per heavy atom. The molecule has 6 heteroatoms. The van der Waals surface area contributed by atoms with Crippen molar-refractivity contribution in [3.8, 4) is 11.1 Å². The molecule has 0 fully saturated rings. The average molecular weight is 432 g/mol. The van der Waals surface area contributed by atoms with Crippen molar-refractivity contribution in [2.75, 3.05) is 5.32 Å². The number of hydrogen-bond donors (Lipinski definition) is 1. The maximum atomic E-state index is 13.4. The van der Waals surface area contributed by atoms with Crippen LogP contribution in [0.5, 0.6) is 0 Å². The first-order valence-electron chi connectivity index (χ1n) is 10.2. The van der Waals surface area contributed by atoms with Gasteiger partial charge in [0, 0.05) is 16.6 Å². The van der Waals surface area contributed by atoms with Crippen LogP contribution in [0, 0.1) is 27.7 Å². The summed E-state index contributed by atoms with van der Waals surface area (Å²) in [6.07, 6.45) is 1.47. The third kappa shape index (κ3) is 3.91. The number of aryl methyl sites for hydroxylation is 4. The molecule has 0 saturated heterocycles. The standard InChI is InChI=1S/C25H25N3O2S/c1-14-6-8-19(9-7-14)20-12-31-24-21(20)25(30)28(13-26-24)18(5)23(29)27-22-16(3)10-15(2)11-17(22)4/h6-13,18H,1-5H3,(H,27,29). The number of nitrogens with one attached hydrogen (secondary N) is 1. The second kappa shape index (κ2) is 8.12. The van der Waals surface area contributed by atoms with Gasteiger partial charge in [0.05, 0.1) is 11.7 Å². The molecule has 31 heavy (non-hydrogen) atoms. The number of anilines is 1. The van der Waals surface area contributed by atoms with Crippen molar-refractivity contribution in [3.05, 3.63) is 80.7 Å². The number of aromatic nitrogens is 2. The Balaban J connectivity index is 1.72. The first-order chi connectivity index (χ1) is 14.8. The quantitative estimate of drug-likeness (QED) is 0.460. The largest absolute Gasteiger partial charge is 0.324 e. The molecule has 1 atom stereocenters. The zero-order valence-corrected chi connectivity index (χ0v) is 19.1. The van der Waals surface area contributed by atoms with Gasteiger partial charge >= 0.3 is 0 Å². The third-order valence-electron chi connectivity index (χ3n) is 5.60. The van der Waals surface area contributed by atoms with E-state index < -0.39 is 6.04 Å². The predicted octanol–water partition coefficient (Wildman–Crippen LogP) is 5.56. The fraction of sp³-hybridized carbons (Fsp3) is 0.240. The smallest absolute Gasteiger partial charge is 0.263 e. The van der Waals surface area contributed by atoms with Crippen LogP contribution in [-0.2, 0) is 4.79 Å². The van der Waals surface area contributed by atoms with Crippen LogP contribution in [-0.4, -0.2) is 15.5 Å². The molecule has 0 bridgehead atoms. The van der Waals surface area contributed by atoms with Crippen molar-refractivity contribution in [3.63, 3.8) is 0 Å². The molecule has 1 N–H and O–H groups in total. The number of carbonyl (C=O) groups excluding carboxylic acids is 1. The third-order valence-corrected chi connectivity index (χ3v) is 6.49. The number of thiophene rings is 1. The van der Waals surface area contributed by atoms with E-state index in [0.717, 1.165) is 39.1 Å². The number of nitrogens with zero attached hydrogens (tertiary/aromatic N) is 2. The predicted molar refractivity (Wildman–Crippen MR) is 128 cm³/mol.